The SMILES string of the molecule is c1ccc(-c2c(-c3ccccc3)c3cc(-c4cccc(N(c5cc6ccccc6c6ccccc56)c5cccc6c5oc5ccccc56)c4)ccc3c3ccccc23)cc1. The summed E-state index contributed by atoms with van der Waals surface area (Å²) in [4.78, 5) is 2.40. The molecular weight excluding hydrogens is 727 g/mol. The molecule has 0 aliphatic rings. The van der Waals surface area contributed by atoms with E-state index < -0.39 is 0 Å². The van der Waals surface area contributed by atoms with Crippen molar-refractivity contribution in [3.05, 3.63) is 224 Å². The number of anilines is 3. The smallest absolute Gasteiger partial charge is 0.159 e. The van der Waals surface area contributed by atoms with E-state index in [-0.39, 0.29) is 0 Å². The van der Waals surface area contributed by atoms with Crippen molar-refractivity contribution in [2.45, 2.75) is 0 Å². The minimum Gasteiger partial charge on any atom is -0.454 e. The van der Waals surface area contributed by atoms with Crippen molar-refractivity contribution in [2.24, 2.45) is 0 Å². The number of furan rings is 1. The number of hydrogen-bond donors (Lipinski definition) is 0. The fourth-order valence-corrected chi connectivity index (χ4v) is 9.54. The summed E-state index contributed by atoms with van der Waals surface area (Å²) in [7, 11) is 0. The third-order valence-corrected chi connectivity index (χ3v) is 12.2. The third-order valence-electron chi connectivity index (χ3n) is 12.2. The maximum atomic E-state index is 6.77. The Balaban J connectivity index is 1.13. The molecule has 0 unspecified atom stereocenters. The lowest BCUT2D eigenvalue weighted by Crippen LogP contribution is -2.11. The highest BCUT2D eigenvalue weighted by molar-refractivity contribution is 6.22. The summed E-state index contributed by atoms with van der Waals surface area (Å²) in [5, 5.41) is 12.0. The number of para-hydroxylation sites is 2. The fourth-order valence-electron chi connectivity index (χ4n) is 9.54. The van der Waals surface area contributed by atoms with Crippen LogP contribution in [-0.2, 0) is 0 Å². The van der Waals surface area contributed by atoms with E-state index in [2.05, 4.69) is 223 Å². The highest BCUT2D eigenvalue weighted by Crippen LogP contribution is 2.48. The van der Waals surface area contributed by atoms with Gasteiger partial charge in [0.05, 0.1) is 11.4 Å². The van der Waals surface area contributed by atoms with Crippen LogP contribution in [0.2, 0.25) is 0 Å². The van der Waals surface area contributed by atoms with E-state index in [1.807, 2.05) is 6.07 Å². The molecule has 12 rings (SSSR count). The minimum absolute atomic E-state index is 0.861. The molecule has 12 aromatic rings. The van der Waals surface area contributed by atoms with Crippen molar-refractivity contribution in [1.29, 1.82) is 0 Å². The van der Waals surface area contributed by atoms with Gasteiger partial charge in [-0.2, -0.15) is 0 Å². The monoisotopic (exact) mass is 763 g/mol. The highest BCUT2D eigenvalue weighted by atomic mass is 16.3. The number of fused-ring (bicyclic) bond motifs is 9. The Morgan fingerprint density at radius 2 is 0.817 bits per heavy atom. The second-order valence-corrected chi connectivity index (χ2v) is 15.6. The lowest BCUT2D eigenvalue weighted by molar-refractivity contribution is 0.669. The van der Waals surface area contributed by atoms with Crippen molar-refractivity contribution in [3.63, 3.8) is 0 Å². The van der Waals surface area contributed by atoms with Crippen LogP contribution in [0.25, 0.3) is 98.4 Å². The molecule has 60 heavy (non-hydrogen) atoms. The van der Waals surface area contributed by atoms with Crippen LogP contribution in [0.1, 0.15) is 0 Å². The van der Waals surface area contributed by atoms with Gasteiger partial charge in [0.2, 0.25) is 0 Å². The molecule has 2 heteroatoms. The Kier molecular flexibility index (Phi) is 7.89. The molecule has 0 N–H and O–H groups in total. The topological polar surface area (TPSA) is 16.4 Å². The average Bonchev–Trinajstić information content (AvgIpc) is 3.71. The maximum absolute atomic E-state index is 6.77. The van der Waals surface area contributed by atoms with Crippen LogP contribution in [0, 0.1) is 0 Å². The zero-order valence-corrected chi connectivity index (χ0v) is 32.7. The van der Waals surface area contributed by atoms with E-state index in [1.165, 1.54) is 65.3 Å². The largest absolute Gasteiger partial charge is 0.454 e. The molecule has 0 fully saturated rings. The van der Waals surface area contributed by atoms with Gasteiger partial charge in [0.1, 0.15) is 5.58 Å². The summed E-state index contributed by atoms with van der Waals surface area (Å²) in [6, 6.07) is 81.3. The standard InChI is InChI=1S/C58H37NO/c1-3-17-38(18-4-1)56-50-29-12-10-26-46(50)47-34-33-41(36-52(47)57(56)39-19-5-2-6-20-39)40-22-15-23-43(35-40)59(53-31-16-30-51-49-28-13-14-32-55(49)60-58(51)53)54-37-42-21-7-8-24-44(42)45-25-9-11-27-48(45)54/h1-37H. The van der Waals surface area contributed by atoms with Crippen molar-refractivity contribution >= 4 is 82.1 Å². The zero-order valence-electron chi connectivity index (χ0n) is 32.7. The lowest BCUT2D eigenvalue weighted by Gasteiger charge is -2.28. The molecule has 280 valence electrons. The number of hydrogen-bond acceptors (Lipinski definition) is 2. The van der Waals surface area contributed by atoms with Crippen LogP contribution < -0.4 is 4.90 Å². The predicted octanol–water partition coefficient (Wildman–Crippen LogP) is 16.7. The molecule has 0 amide bonds. The van der Waals surface area contributed by atoms with Crippen LogP contribution in [0.3, 0.4) is 0 Å². The fraction of sp³-hybridized carbons (Fsp3) is 0. The average molecular weight is 764 g/mol. The maximum Gasteiger partial charge on any atom is 0.159 e. The summed E-state index contributed by atoms with van der Waals surface area (Å²) < 4.78 is 6.77. The Hall–Kier alpha value is -7.94. The highest BCUT2D eigenvalue weighted by Gasteiger charge is 2.23. The van der Waals surface area contributed by atoms with Gasteiger partial charge in [-0.15, -0.1) is 0 Å². The van der Waals surface area contributed by atoms with E-state index in [0.29, 0.717) is 0 Å². The van der Waals surface area contributed by atoms with Crippen LogP contribution in [-0.4, -0.2) is 0 Å². The van der Waals surface area contributed by atoms with Gasteiger partial charge in [0, 0.05) is 21.8 Å². The van der Waals surface area contributed by atoms with Gasteiger partial charge in [-0.25, -0.2) is 0 Å². The number of nitrogens with zero attached hydrogens (tertiary/aromatic N) is 1. The molecule has 0 aliphatic heterocycles. The normalized spacial score (nSPS) is 11.7. The van der Waals surface area contributed by atoms with Gasteiger partial charge >= 0.3 is 0 Å². The molecule has 0 aliphatic carbocycles. The van der Waals surface area contributed by atoms with E-state index in [0.717, 1.165) is 50.1 Å². The van der Waals surface area contributed by atoms with Crippen LogP contribution in [0.15, 0.2) is 229 Å². The lowest BCUT2D eigenvalue weighted by atomic mass is 9.84. The molecule has 0 atom stereocenters. The van der Waals surface area contributed by atoms with Crippen LogP contribution >= 0.6 is 0 Å². The van der Waals surface area contributed by atoms with Crippen LogP contribution in [0.5, 0.6) is 0 Å². The van der Waals surface area contributed by atoms with Gasteiger partial charge in [-0.05, 0) is 107 Å². The molecular formula is C58H37NO. The Morgan fingerprint density at radius 1 is 0.283 bits per heavy atom. The van der Waals surface area contributed by atoms with E-state index >= 15 is 0 Å². The third kappa shape index (κ3) is 5.42. The second kappa shape index (κ2) is 13.9. The Bertz CT molecular complexity index is 3600. The summed E-state index contributed by atoms with van der Waals surface area (Å²) in [6.45, 7) is 0. The number of rotatable bonds is 6. The molecule has 1 heterocycles. The van der Waals surface area contributed by atoms with Gasteiger partial charge in [-0.3, -0.25) is 0 Å². The number of benzene rings is 11. The Morgan fingerprint density at radius 3 is 1.58 bits per heavy atom. The summed E-state index contributed by atoms with van der Waals surface area (Å²) in [6.07, 6.45) is 0. The zero-order chi connectivity index (χ0) is 39.6. The van der Waals surface area contributed by atoms with Gasteiger partial charge in [0.25, 0.3) is 0 Å². The molecule has 0 radical (unpaired) electrons. The first-order valence-electron chi connectivity index (χ1n) is 20.6. The van der Waals surface area contributed by atoms with Crippen molar-refractivity contribution in [2.75, 3.05) is 4.90 Å². The van der Waals surface area contributed by atoms with E-state index in [1.54, 1.807) is 0 Å². The van der Waals surface area contributed by atoms with Gasteiger partial charge in [-0.1, -0.05) is 188 Å². The van der Waals surface area contributed by atoms with E-state index in [4.69, 9.17) is 4.42 Å². The molecule has 11 aromatic carbocycles. The molecule has 0 bridgehead atoms. The molecule has 0 saturated carbocycles. The van der Waals surface area contributed by atoms with Crippen molar-refractivity contribution in [1.82, 2.24) is 0 Å². The van der Waals surface area contributed by atoms with E-state index in [9.17, 15) is 0 Å². The Labute approximate surface area is 347 Å². The van der Waals surface area contributed by atoms with Crippen LogP contribution in [0.4, 0.5) is 17.1 Å². The van der Waals surface area contributed by atoms with Crippen molar-refractivity contribution < 1.29 is 4.42 Å². The quantitative estimate of drug-likeness (QED) is 0.157. The van der Waals surface area contributed by atoms with Gasteiger partial charge < -0.3 is 9.32 Å². The predicted molar refractivity (Wildman–Crippen MR) is 255 cm³/mol. The summed E-state index contributed by atoms with van der Waals surface area (Å²) in [5.41, 5.74) is 12.1. The molecule has 0 spiro atoms. The molecule has 0 saturated heterocycles. The molecule has 2 nitrogen and oxygen atoms in total. The summed E-state index contributed by atoms with van der Waals surface area (Å²) >= 11 is 0. The molecule has 1 aromatic heterocycles. The first-order valence-corrected chi connectivity index (χ1v) is 20.6. The summed E-state index contributed by atoms with van der Waals surface area (Å²) in [5.74, 6) is 0. The van der Waals surface area contributed by atoms with Crippen molar-refractivity contribution in [3.8, 4) is 33.4 Å². The first-order chi connectivity index (χ1) is 29.8. The first kappa shape index (κ1) is 34.1. The minimum atomic E-state index is 0.861. The van der Waals surface area contributed by atoms with Gasteiger partial charge in [0.15, 0.2) is 5.58 Å². The second-order valence-electron chi connectivity index (χ2n) is 15.6.